The normalized spacial score (nSPS) is 12.3. The van der Waals surface area contributed by atoms with Crippen LogP contribution in [0.4, 0.5) is 0 Å². The van der Waals surface area contributed by atoms with Gasteiger partial charge in [-0.25, -0.2) is 0 Å². The Balaban J connectivity index is 3.11. The fraction of sp³-hybridized carbons (Fsp3) is 0. The molecule has 0 fully saturated rings. The molecule has 0 aliphatic carbocycles. The van der Waals surface area contributed by atoms with Crippen molar-refractivity contribution in [3.8, 4) is 6.07 Å². The molecule has 4 N–H and O–H groups in total. The van der Waals surface area contributed by atoms with E-state index in [1.165, 1.54) is 18.2 Å². The van der Waals surface area contributed by atoms with Crippen molar-refractivity contribution in [2.75, 3.05) is 0 Å². The molecule has 0 atom stereocenters. The van der Waals surface area contributed by atoms with Gasteiger partial charge in [0.25, 0.3) is 5.91 Å². The lowest BCUT2D eigenvalue weighted by Crippen LogP contribution is -2.17. The molecule has 0 unspecified atom stereocenters. The highest BCUT2D eigenvalue weighted by molar-refractivity contribution is 9.10. The molecule has 0 saturated carbocycles. The Morgan fingerprint density at radius 3 is 2.25 bits per heavy atom. The minimum Gasteiger partial charge on any atom is -0.507 e. The molecule has 0 aromatic heterocycles. The average Bonchev–Trinajstić information content (AvgIpc) is 2.39. The lowest BCUT2D eigenvalue weighted by Gasteiger charge is -2.01. The van der Waals surface area contributed by atoms with Gasteiger partial charge < -0.3 is 15.9 Å². The van der Waals surface area contributed by atoms with Crippen molar-refractivity contribution in [2.24, 2.45) is 5.73 Å². The van der Waals surface area contributed by atoms with Gasteiger partial charge in [-0.2, -0.15) is 5.26 Å². The van der Waals surface area contributed by atoms with Crippen LogP contribution < -0.4 is 5.73 Å². The Hall–Kier alpha value is -2.59. The van der Waals surface area contributed by atoms with Gasteiger partial charge in [0, 0.05) is 16.1 Å². The molecule has 0 aliphatic rings. The number of benzene rings is 1. The van der Waals surface area contributed by atoms with E-state index in [0.717, 1.165) is 4.47 Å². The largest absolute Gasteiger partial charge is 0.507 e. The monoisotopic (exact) mass is 336 g/mol. The highest BCUT2D eigenvalue weighted by atomic mass is 79.9. The summed E-state index contributed by atoms with van der Waals surface area (Å²) < 4.78 is 0.781. The molecule has 1 aromatic carbocycles. The molecule has 102 valence electrons. The molecule has 7 heteroatoms. The number of nitrogens with zero attached hydrogens (tertiary/aromatic N) is 1. The molecular formula is C13H9BrN2O4. The standard InChI is InChI=1S/C13H9BrN2O4/c14-8-3-1-7(2-4-8)10(17)5-11(18)12(19)9(6-15)13(16)20/h1-5,17,19H,(H2,16,20)/b10-5-,12-9+. The van der Waals surface area contributed by atoms with E-state index in [4.69, 9.17) is 11.0 Å². The molecular weight excluding hydrogens is 328 g/mol. The van der Waals surface area contributed by atoms with E-state index in [2.05, 4.69) is 15.9 Å². The van der Waals surface area contributed by atoms with Crippen LogP contribution in [-0.2, 0) is 9.59 Å². The number of nitriles is 1. The molecule has 6 nitrogen and oxygen atoms in total. The quantitative estimate of drug-likeness (QED) is 0.438. The first-order valence-electron chi connectivity index (χ1n) is 5.21. The average molecular weight is 337 g/mol. The lowest BCUT2D eigenvalue weighted by atomic mass is 10.1. The van der Waals surface area contributed by atoms with E-state index in [1.807, 2.05) is 0 Å². The number of amides is 1. The summed E-state index contributed by atoms with van der Waals surface area (Å²) in [5.41, 5.74) is 4.28. The first-order valence-corrected chi connectivity index (χ1v) is 6.00. The maximum absolute atomic E-state index is 11.6. The predicted molar refractivity (Wildman–Crippen MR) is 74.2 cm³/mol. The number of ketones is 1. The summed E-state index contributed by atoms with van der Waals surface area (Å²) in [6.45, 7) is 0. The number of aliphatic hydroxyl groups is 2. The Kier molecular flexibility index (Phi) is 5.06. The van der Waals surface area contributed by atoms with E-state index in [0.29, 0.717) is 11.6 Å². The molecule has 0 aliphatic heterocycles. The van der Waals surface area contributed by atoms with E-state index < -0.39 is 28.8 Å². The van der Waals surface area contributed by atoms with Gasteiger partial charge in [-0.3, -0.25) is 9.59 Å². The second-order valence-corrected chi connectivity index (χ2v) is 4.52. The molecule has 0 bridgehead atoms. The van der Waals surface area contributed by atoms with Crippen molar-refractivity contribution in [1.29, 1.82) is 5.26 Å². The van der Waals surface area contributed by atoms with Crippen molar-refractivity contribution in [3.63, 3.8) is 0 Å². The molecule has 0 radical (unpaired) electrons. The molecule has 1 amide bonds. The van der Waals surface area contributed by atoms with Gasteiger partial charge in [0.15, 0.2) is 11.3 Å². The van der Waals surface area contributed by atoms with Crippen molar-refractivity contribution in [1.82, 2.24) is 0 Å². The molecule has 0 heterocycles. The third-order valence-corrected chi connectivity index (χ3v) is 2.76. The minimum absolute atomic E-state index is 0.326. The van der Waals surface area contributed by atoms with Gasteiger partial charge in [-0.15, -0.1) is 0 Å². The zero-order valence-electron chi connectivity index (χ0n) is 10.0. The zero-order valence-corrected chi connectivity index (χ0v) is 11.6. The number of carbonyl (C=O) groups is 2. The van der Waals surface area contributed by atoms with E-state index in [-0.39, 0.29) is 0 Å². The molecule has 0 spiro atoms. The number of rotatable bonds is 4. The number of primary amides is 1. The summed E-state index contributed by atoms with van der Waals surface area (Å²) in [7, 11) is 0. The Morgan fingerprint density at radius 2 is 1.80 bits per heavy atom. The van der Waals surface area contributed by atoms with Crippen LogP contribution >= 0.6 is 15.9 Å². The number of hydrogen-bond acceptors (Lipinski definition) is 5. The first kappa shape index (κ1) is 15.5. The van der Waals surface area contributed by atoms with Gasteiger partial charge in [0.1, 0.15) is 11.8 Å². The number of aliphatic hydroxyl groups excluding tert-OH is 2. The van der Waals surface area contributed by atoms with Gasteiger partial charge in [0.2, 0.25) is 5.78 Å². The number of allylic oxidation sites excluding steroid dienone is 1. The van der Waals surface area contributed by atoms with Crippen LogP contribution in [0.15, 0.2) is 46.1 Å². The Labute approximate surface area is 122 Å². The highest BCUT2D eigenvalue weighted by Crippen LogP contribution is 2.16. The number of hydrogen-bond donors (Lipinski definition) is 3. The zero-order chi connectivity index (χ0) is 15.3. The molecule has 20 heavy (non-hydrogen) atoms. The molecule has 0 saturated heterocycles. The van der Waals surface area contributed by atoms with E-state index >= 15 is 0 Å². The molecule has 1 aromatic rings. The molecule has 1 rings (SSSR count). The first-order chi connectivity index (χ1) is 9.36. The van der Waals surface area contributed by atoms with Crippen molar-refractivity contribution >= 4 is 33.4 Å². The van der Waals surface area contributed by atoms with Gasteiger partial charge >= 0.3 is 0 Å². The summed E-state index contributed by atoms with van der Waals surface area (Å²) in [5, 5.41) is 27.7. The minimum atomic E-state index is -1.23. The smallest absolute Gasteiger partial charge is 0.263 e. The SMILES string of the molecule is N#C/C(C(N)=O)=C(\O)C(=O)/C=C(\O)c1ccc(Br)cc1. The van der Waals surface area contributed by atoms with Crippen molar-refractivity contribution < 1.29 is 19.8 Å². The topological polar surface area (TPSA) is 124 Å². The van der Waals surface area contributed by atoms with Crippen LogP contribution in [0, 0.1) is 11.3 Å². The lowest BCUT2D eigenvalue weighted by molar-refractivity contribution is -0.116. The summed E-state index contributed by atoms with van der Waals surface area (Å²) in [4.78, 5) is 22.4. The van der Waals surface area contributed by atoms with Crippen LogP contribution in [0.3, 0.4) is 0 Å². The van der Waals surface area contributed by atoms with Crippen LogP contribution in [0.5, 0.6) is 0 Å². The predicted octanol–water partition coefficient (Wildman–Crippen LogP) is 1.74. The second-order valence-electron chi connectivity index (χ2n) is 3.60. The van der Waals surface area contributed by atoms with Crippen molar-refractivity contribution in [3.05, 3.63) is 51.7 Å². The van der Waals surface area contributed by atoms with Gasteiger partial charge in [0.05, 0.1) is 0 Å². The number of halogens is 1. The van der Waals surface area contributed by atoms with Crippen LogP contribution in [0.2, 0.25) is 0 Å². The highest BCUT2D eigenvalue weighted by Gasteiger charge is 2.17. The van der Waals surface area contributed by atoms with Crippen LogP contribution in [0.25, 0.3) is 5.76 Å². The summed E-state index contributed by atoms with van der Waals surface area (Å²) >= 11 is 3.21. The van der Waals surface area contributed by atoms with Gasteiger partial charge in [-0.05, 0) is 12.1 Å². The van der Waals surface area contributed by atoms with E-state index in [9.17, 15) is 19.8 Å². The third-order valence-electron chi connectivity index (χ3n) is 2.24. The maximum atomic E-state index is 11.6. The fourth-order valence-electron chi connectivity index (χ4n) is 1.24. The van der Waals surface area contributed by atoms with Crippen LogP contribution in [-0.4, -0.2) is 21.9 Å². The summed E-state index contributed by atoms with van der Waals surface area (Å²) in [6, 6.07) is 7.67. The Morgan fingerprint density at radius 1 is 1.25 bits per heavy atom. The second kappa shape index (κ2) is 6.54. The number of nitrogens with two attached hydrogens (primary N) is 1. The van der Waals surface area contributed by atoms with Gasteiger partial charge in [-0.1, -0.05) is 28.1 Å². The third kappa shape index (κ3) is 3.70. The fourth-order valence-corrected chi connectivity index (χ4v) is 1.51. The van der Waals surface area contributed by atoms with E-state index in [1.54, 1.807) is 12.1 Å². The number of carbonyl (C=O) groups excluding carboxylic acids is 2. The summed E-state index contributed by atoms with van der Waals surface area (Å²) in [5.74, 6) is -3.85. The Bertz CT molecular complexity index is 654. The van der Waals surface area contributed by atoms with Crippen LogP contribution in [0.1, 0.15) is 5.56 Å². The maximum Gasteiger partial charge on any atom is 0.263 e. The van der Waals surface area contributed by atoms with Crippen molar-refractivity contribution in [2.45, 2.75) is 0 Å². The summed E-state index contributed by atoms with van der Waals surface area (Å²) in [6.07, 6.45) is 0.693.